The molecule has 7 nitrogen and oxygen atoms in total. The Morgan fingerprint density at radius 3 is 1.10 bits per heavy atom. The van der Waals surface area contributed by atoms with Gasteiger partial charge in [0.1, 0.15) is 0 Å². The normalized spacial score (nSPS) is 12.7. The Hall–Kier alpha value is -8.42. The summed E-state index contributed by atoms with van der Waals surface area (Å²) >= 11 is 0. The van der Waals surface area contributed by atoms with Crippen LogP contribution in [0.3, 0.4) is 0 Å². The molecular weight excluding hydrogens is 891 g/mol. The molecule has 0 N–H and O–H groups in total. The van der Waals surface area contributed by atoms with Crippen molar-refractivity contribution in [2.45, 2.75) is 79.1 Å². The van der Waals surface area contributed by atoms with E-state index >= 15 is 0 Å². The lowest BCUT2D eigenvalue weighted by molar-refractivity contribution is 0.737. The van der Waals surface area contributed by atoms with Gasteiger partial charge in [0, 0.05) is 49.9 Å². The number of rotatable bonds is 9. The maximum Gasteiger partial charge on any atom is 0.239 e. The van der Waals surface area contributed by atoms with Crippen molar-refractivity contribution in [1.29, 1.82) is 0 Å². The molecule has 0 saturated carbocycles. The number of aromatic nitrogens is 6. The second-order valence-electron chi connectivity index (χ2n) is 21.1. The predicted molar refractivity (Wildman–Crippen MR) is 306 cm³/mol. The second-order valence-corrected chi connectivity index (χ2v) is 21.1. The van der Waals surface area contributed by atoms with Gasteiger partial charge in [0.2, 0.25) is 5.62 Å². The van der Waals surface area contributed by atoms with Crippen molar-refractivity contribution in [2.75, 3.05) is 0 Å². The number of benzene rings is 8. The minimum Gasteiger partial charge on any atom is -0.309 e. The van der Waals surface area contributed by atoms with Gasteiger partial charge in [-0.05, 0) is 119 Å². The molecule has 13 aromatic rings. The molecule has 8 aromatic carbocycles. The summed E-state index contributed by atoms with van der Waals surface area (Å²) in [6.45, 7) is 18.4. The lowest BCUT2D eigenvalue weighted by Crippen LogP contribution is -2.29. The second kappa shape index (κ2) is 17.1. The van der Waals surface area contributed by atoms with E-state index in [4.69, 9.17) is 10.1 Å². The molecule has 358 valence electrons. The van der Waals surface area contributed by atoms with Crippen LogP contribution in [-0.4, -0.2) is 27.9 Å². The third-order valence-electron chi connectivity index (χ3n) is 15.3. The van der Waals surface area contributed by atoms with Crippen LogP contribution in [0.25, 0.3) is 99.3 Å². The van der Waals surface area contributed by atoms with Gasteiger partial charge in [-0.25, -0.2) is 9.66 Å². The van der Waals surface area contributed by atoms with E-state index in [0.717, 1.165) is 55.7 Å². The molecule has 0 radical (unpaired) electrons. The van der Waals surface area contributed by atoms with Gasteiger partial charge in [0.25, 0.3) is 0 Å². The summed E-state index contributed by atoms with van der Waals surface area (Å²) in [5, 5.41) is 13.3. The number of imidazole rings is 1. The van der Waals surface area contributed by atoms with Gasteiger partial charge in [-0.3, -0.25) is 9.13 Å². The topological polar surface area (TPSA) is 49.9 Å². The van der Waals surface area contributed by atoms with Crippen molar-refractivity contribution in [3.05, 3.63) is 216 Å². The van der Waals surface area contributed by atoms with Gasteiger partial charge in [-0.1, -0.05) is 165 Å². The average Bonchev–Trinajstić information content (AvgIpc) is 4.12. The van der Waals surface area contributed by atoms with Gasteiger partial charge in [0.15, 0.2) is 5.65 Å². The zero-order chi connectivity index (χ0) is 49.8. The van der Waals surface area contributed by atoms with E-state index < -0.39 is 0 Å². The summed E-state index contributed by atoms with van der Waals surface area (Å²) in [6.07, 6.45) is 1.94. The molecule has 0 fully saturated rings. The molecule has 0 aliphatic rings. The Morgan fingerprint density at radius 1 is 0.329 bits per heavy atom. The van der Waals surface area contributed by atoms with Gasteiger partial charge in [-0.15, -0.1) is 5.10 Å². The molecule has 0 atom stereocenters. The predicted octanol–water partition coefficient (Wildman–Crippen LogP) is 17.0. The standard InChI is InChI=1S/C66H59N7/c1-40(2)46-24-17-25-47(41(3)4)63(46)71-62-32-19-37-67-65(62)72(64-48(42(5)6)26-18-27-49(64)43(7)8)66(71)68-73-60-35-33-44(69-56-28-13-9-20-50(56)51-21-10-14-29-57(51)69)38-54(60)55-39-45(34-36-61(55)73)70-58-30-15-11-22-52(58)53-23-12-16-31-59(53)70/h9-43H,1-8H3. The number of para-hydroxylation sites is 6. The van der Waals surface area contributed by atoms with Crippen LogP contribution in [0.15, 0.2) is 193 Å². The van der Waals surface area contributed by atoms with Crippen molar-refractivity contribution in [2.24, 2.45) is 5.10 Å². The highest BCUT2D eigenvalue weighted by atomic mass is 15.4. The first-order chi connectivity index (χ1) is 35.6. The van der Waals surface area contributed by atoms with Gasteiger partial charge in [-0.2, -0.15) is 0 Å². The Kier molecular flexibility index (Phi) is 10.4. The van der Waals surface area contributed by atoms with E-state index in [-0.39, 0.29) is 23.7 Å². The third-order valence-corrected chi connectivity index (χ3v) is 15.3. The zero-order valence-corrected chi connectivity index (χ0v) is 42.8. The lowest BCUT2D eigenvalue weighted by Gasteiger charge is -2.22. The molecule has 73 heavy (non-hydrogen) atoms. The van der Waals surface area contributed by atoms with Crippen molar-refractivity contribution in [1.82, 2.24) is 27.9 Å². The number of fused-ring (bicyclic) bond motifs is 10. The number of pyridine rings is 1. The minimum atomic E-state index is 0.233. The highest BCUT2D eigenvalue weighted by Crippen LogP contribution is 2.40. The highest BCUT2D eigenvalue weighted by Gasteiger charge is 2.27. The van der Waals surface area contributed by atoms with E-state index in [0.29, 0.717) is 0 Å². The maximum atomic E-state index is 6.12. The zero-order valence-electron chi connectivity index (χ0n) is 42.8. The van der Waals surface area contributed by atoms with Crippen LogP contribution in [0.1, 0.15) is 101 Å². The summed E-state index contributed by atoms with van der Waals surface area (Å²) in [5.74, 6) is 0.948. The van der Waals surface area contributed by atoms with Crippen LogP contribution < -0.4 is 5.62 Å². The molecule has 0 saturated heterocycles. The Morgan fingerprint density at radius 2 is 0.699 bits per heavy atom. The maximum absolute atomic E-state index is 6.12. The summed E-state index contributed by atoms with van der Waals surface area (Å²) in [4.78, 5) is 5.32. The molecule has 0 bridgehead atoms. The van der Waals surface area contributed by atoms with Crippen molar-refractivity contribution in [3.63, 3.8) is 0 Å². The molecule has 7 heteroatoms. The SMILES string of the molecule is CC(C)c1cccc(C(C)C)c1-n1c(=Nn2c3ccc(-n4c5ccccc5c5ccccc54)cc3c3cc(-n4c5ccccc5c5ccccc54)ccc32)n(-c2c(C(C)C)cccc2C(C)C)c2ncccc21. The van der Waals surface area contributed by atoms with Gasteiger partial charge >= 0.3 is 0 Å². The van der Waals surface area contributed by atoms with Crippen molar-refractivity contribution < 1.29 is 0 Å². The fourth-order valence-electron chi connectivity index (χ4n) is 11.9. The lowest BCUT2D eigenvalue weighted by atomic mass is 9.92. The van der Waals surface area contributed by atoms with Crippen LogP contribution in [0, 0.1) is 0 Å². The fourth-order valence-corrected chi connectivity index (χ4v) is 11.9. The van der Waals surface area contributed by atoms with E-state index in [1.165, 1.54) is 71.6 Å². The first-order valence-corrected chi connectivity index (χ1v) is 26.0. The largest absolute Gasteiger partial charge is 0.309 e. The molecule has 0 spiro atoms. The van der Waals surface area contributed by atoms with Crippen LogP contribution in [-0.2, 0) is 0 Å². The van der Waals surface area contributed by atoms with E-state index in [1.54, 1.807) is 0 Å². The molecule has 5 aromatic heterocycles. The monoisotopic (exact) mass is 949 g/mol. The molecule has 5 heterocycles. The smallest absolute Gasteiger partial charge is 0.239 e. The van der Waals surface area contributed by atoms with Crippen LogP contribution >= 0.6 is 0 Å². The summed E-state index contributed by atoms with van der Waals surface area (Å²) in [6, 6.07) is 66.9. The fraction of sp³-hybridized carbons (Fsp3) is 0.182. The molecule has 0 amide bonds. The minimum absolute atomic E-state index is 0.233. The van der Waals surface area contributed by atoms with Crippen LogP contribution in [0.4, 0.5) is 0 Å². The van der Waals surface area contributed by atoms with E-state index in [2.05, 4.69) is 260 Å². The Balaban J connectivity index is 1.21. The Labute approximate surface area is 425 Å². The van der Waals surface area contributed by atoms with E-state index in [1.807, 2.05) is 6.20 Å². The molecule has 0 aliphatic carbocycles. The molecule has 13 rings (SSSR count). The van der Waals surface area contributed by atoms with Crippen LogP contribution in [0.5, 0.6) is 0 Å². The Bertz CT molecular complexity index is 3970. The first-order valence-electron chi connectivity index (χ1n) is 26.0. The number of hydrogen-bond donors (Lipinski definition) is 0. The highest BCUT2D eigenvalue weighted by molar-refractivity contribution is 6.13. The summed E-state index contributed by atoms with van der Waals surface area (Å²) in [7, 11) is 0. The van der Waals surface area contributed by atoms with E-state index in [9.17, 15) is 0 Å². The van der Waals surface area contributed by atoms with Gasteiger partial charge in [0.05, 0.1) is 50.0 Å². The number of hydrogen-bond acceptors (Lipinski definition) is 2. The molecular formula is C66H59N7. The average molecular weight is 950 g/mol. The summed E-state index contributed by atoms with van der Waals surface area (Å²) < 4.78 is 11.9. The van der Waals surface area contributed by atoms with Crippen LogP contribution in [0.2, 0.25) is 0 Å². The third kappa shape index (κ3) is 6.78. The summed E-state index contributed by atoms with van der Waals surface area (Å²) in [5.41, 5.74) is 18.9. The first kappa shape index (κ1) is 44.5. The van der Waals surface area contributed by atoms with Gasteiger partial charge < -0.3 is 9.13 Å². The van der Waals surface area contributed by atoms with Crippen molar-refractivity contribution >= 4 is 76.6 Å². The number of nitrogens with zero attached hydrogens (tertiary/aromatic N) is 7. The quantitative estimate of drug-likeness (QED) is 0.142. The van der Waals surface area contributed by atoms with Crippen molar-refractivity contribution in [3.8, 4) is 22.7 Å². The molecule has 0 unspecified atom stereocenters. The molecule has 0 aliphatic heterocycles.